The van der Waals surface area contributed by atoms with Gasteiger partial charge in [-0.25, -0.2) is 9.89 Å². The third-order valence-electron chi connectivity index (χ3n) is 5.68. The van der Waals surface area contributed by atoms with Crippen molar-refractivity contribution in [1.29, 1.82) is 10.5 Å². The number of aromatic nitrogens is 4. The van der Waals surface area contributed by atoms with Gasteiger partial charge in [0.2, 0.25) is 5.75 Å². The van der Waals surface area contributed by atoms with Crippen LogP contribution in [0.2, 0.25) is 0 Å². The van der Waals surface area contributed by atoms with E-state index < -0.39 is 28.7 Å². The minimum absolute atomic E-state index is 0.0167. The zero-order valence-corrected chi connectivity index (χ0v) is 19.8. The molecule has 0 saturated carbocycles. The number of methoxy groups -OCH3 is 1. The van der Waals surface area contributed by atoms with E-state index in [4.69, 9.17) is 14.7 Å². The predicted octanol–water partition coefficient (Wildman–Crippen LogP) is 3.55. The average molecular weight is 522 g/mol. The Balaban J connectivity index is 1.77. The SMILES string of the molecule is COc1cc(-c2ccc(C#N)c(C#N)c2)ccc1Oc1c(C(F)(F)F)ccn(Cc2n[nH]c(=O)n2C)c1=O. The highest BCUT2D eigenvalue weighted by Crippen LogP contribution is 2.40. The third kappa shape index (κ3) is 4.85. The zero-order valence-electron chi connectivity index (χ0n) is 19.8. The fourth-order valence-corrected chi connectivity index (χ4v) is 3.63. The highest BCUT2D eigenvalue weighted by atomic mass is 19.4. The molecule has 0 atom stereocenters. The van der Waals surface area contributed by atoms with Crippen molar-refractivity contribution in [1.82, 2.24) is 19.3 Å². The monoisotopic (exact) mass is 522 g/mol. The lowest BCUT2D eigenvalue weighted by Gasteiger charge is -2.17. The quantitative estimate of drug-likeness (QED) is 0.409. The number of nitrogens with zero attached hydrogens (tertiary/aromatic N) is 5. The fourth-order valence-electron chi connectivity index (χ4n) is 3.63. The number of hydrogen-bond acceptors (Lipinski definition) is 7. The van der Waals surface area contributed by atoms with Crippen LogP contribution in [0.3, 0.4) is 0 Å². The Morgan fingerprint density at radius 2 is 1.68 bits per heavy atom. The van der Waals surface area contributed by atoms with Crippen LogP contribution in [0.1, 0.15) is 22.5 Å². The molecule has 192 valence electrons. The van der Waals surface area contributed by atoms with E-state index in [1.165, 1.54) is 44.5 Å². The van der Waals surface area contributed by atoms with E-state index in [1.54, 1.807) is 6.07 Å². The Labute approximate surface area is 212 Å². The van der Waals surface area contributed by atoms with Gasteiger partial charge in [0.1, 0.15) is 17.7 Å². The molecule has 0 aliphatic heterocycles. The van der Waals surface area contributed by atoms with Crippen LogP contribution in [0.15, 0.2) is 58.3 Å². The van der Waals surface area contributed by atoms with Gasteiger partial charge in [-0.2, -0.15) is 28.8 Å². The van der Waals surface area contributed by atoms with Crippen molar-refractivity contribution < 1.29 is 22.6 Å². The first-order chi connectivity index (χ1) is 18.1. The van der Waals surface area contributed by atoms with Crippen molar-refractivity contribution in [3.05, 3.63) is 92.0 Å². The van der Waals surface area contributed by atoms with Gasteiger partial charge in [0.15, 0.2) is 17.3 Å². The van der Waals surface area contributed by atoms with E-state index in [2.05, 4.69) is 10.2 Å². The van der Waals surface area contributed by atoms with Crippen molar-refractivity contribution >= 4 is 0 Å². The molecule has 0 saturated heterocycles. The first-order valence-corrected chi connectivity index (χ1v) is 10.8. The Hall–Kier alpha value is -5.30. The second-order valence-corrected chi connectivity index (χ2v) is 7.95. The number of ether oxygens (including phenoxy) is 2. The molecule has 38 heavy (non-hydrogen) atoms. The van der Waals surface area contributed by atoms with Crippen LogP contribution in [0.5, 0.6) is 17.2 Å². The molecule has 0 aliphatic carbocycles. The number of hydrogen-bond donors (Lipinski definition) is 1. The van der Waals surface area contributed by atoms with Crippen LogP contribution >= 0.6 is 0 Å². The van der Waals surface area contributed by atoms with Crippen molar-refractivity contribution in [2.24, 2.45) is 7.05 Å². The lowest BCUT2D eigenvalue weighted by atomic mass is 10.00. The summed E-state index contributed by atoms with van der Waals surface area (Å²) in [6.07, 6.45) is -3.97. The van der Waals surface area contributed by atoms with Crippen LogP contribution in [-0.2, 0) is 19.8 Å². The van der Waals surface area contributed by atoms with E-state index >= 15 is 0 Å². The Morgan fingerprint density at radius 1 is 1.00 bits per heavy atom. The molecule has 0 unspecified atom stereocenters. The van der Waals surface area contributed by atoms with Crippen molar-refractivity contribution in [3.8, 4) is 40.5 Å². The standard InChI is InChI=1S/C25H17F3N6O4/c1-33-21(31-32-24(33)36)13-34-8-7-18(25(26,27)28)22(23(34)35)38-19-6-5-15(10-20(19)37-2)14-3-4-16(11-29)17(9-14)12-30/h3-10H,13H2,1-2H3,(H,32,36). The molecule has 0 aliphatic rings. The predicted molar refractivity (Wildman–Crippen MR) is 127 cm³/mol. The summed E-state index contributed by atoms with van der Waals surface area (Å²) in [6.45, 7) is -0.293. The van der Waals surface area contributed by atoms with Crippen molar-refractivity contribution in [2.75, 3.05) is 7.11 Å². The molecule has 0 bridgehead atoms. The largest absolute Gasteiger partial charge is 0.493 e. The summed E-state index contributed by atoms with van der Waals surface area (Å²) in [5, 5.41) is 24.4. The lowest BCUT2D eigenvalue weighted by molar-refractivity contribution is -0.138. The zero-order chi connectivity index (χ0) is 27.6. The van der Waals surface area contributed by atoms with Crippen LogP contribution in [0.25, 0.3) is 11.1 Å². The first-order valence-electron chi connectivity index (χ1n) is 10.8. The molecular formula is C25H17F3N6O4. The molecule has 13 heteroatoms. The summed E-state index contributed by atoms with van der Waals surface area (Å²) in [5.74, 6) is -1.03. The average Bonchev–Trinajstić information content (AvgIpc) is 3.22. The number of benzene rings is 2. The molecule has 0 fully saturated rings. The van der Waals surface area contributed by atoms with Gasteiger partial charge in [0.25, 0.3) is 5.56 Å². The lowest BCUT2D eigenvalue weighted by Crippen LogP contribution is -2.26. The van der Waals surface area contributed by atoms with Crippen LogP contribution in [-0.4, -0.2) is 26.4 Å². The number of aromatic amines is 1. The van der Waals surface area contributed by atoms with E-state index in [0.29, 0.717) is 17.2 Å². The van der Waals surface area contributed by atoms with E-state index in [0.717, 1.165) is 15.3 Å². The number of H-pyrrole nitrogens is 1. The summed E-state index contributed by atoms with van der Waals surface area (Å²) in [6, 6.07) is 13.4. The Kier molecular flexibility index (Phi) is 6.77. The molecule has 10 nitrogen and oxygen atoms in total. The van der Waals surface area contributed by atoms with Gasteiger partial charge in [-0.3, -0.25) is 9.36 Å². The molecule has 4 aromatic rings. The first kappa shape index (κ1) is 25.8. The van der Waals surface area contributed by atoms with Gasteiger partial charge in [-0.15, -0.1) is 0 Å². The summed E-state index contributed by atoms with van der Waals surface area (Å²) in [5.41, 5.74) is -1.54. The van der Waals surface area contributed by atoms with Gasteiger partial charge in [-0.05, 0) is 41.5 Å². The maximum absolute atomic E-state index is 13.8. The van der Waals surface area contributed by atoms with Gasteiger partial charge in [0.05, 0.1) is 24.8 Å². The number of alkyl halides is 3. The van der Waals surface area contributed by atoms with E-state index in [9.17, 15) is 28.0 Å². The number of pyridine rings is 1. The van der Waals surface area contributed by atoms with Gasteiger partial charge in [-0.1, -0.05) is 12.1 Å². The van der Waals surface area contributed by atoms with Crippen molar-refractivity contribution in [3.63, 3.8) is 0 Å². The van der Waals surface area contributed by atoms with E-state index in [1.807, 2.05) is 12.1 Å². The normalized spacial score (nSPS) is 11.0. The van der Waals surface area contributed by atoms with Crippen LogP contribution < -0.4 is 20.7 Å². The second-order valence-electron chi connectivity index (χ2n) is 7.95. The van der Waals surface area contributed by atoms with E-state index in [-0.39, 0.29) is 35.0 Å². The summed E-state index contributed by atoms with van der Waals surface area (Å²) in [7, 11) is 2.67. The van der Waals surface area contributed by atoms with Gasteiger partial charge < -0.3 is 14.0 Å². The number of halogens is 3. The molecule has 2 aromatic heterocycles. The molecule has 0 amide bonds. The molecule has 0 radical (unpaired) electrons. The molecule has 4 rings (SSSR count). The maximum atomic E-state index is 13.8. The Morgan fingerprint density at radius 3 is 2.29 bits per heavy atom. The number of nitriles is 2. The van der Waals surface area contributed by atoms with Crippen LogP contribution in [0, 0.1) is 22.7 Å². The van der Waals surface area contributed by atoms with Crippen molar-refractivity contribution in [2.45, 2.75) is 12.7 Å². The molecule has 2 aromatic carbocycles. The number of nitrogens with one attached hydrogen (secondary N) is 1. The molecular weight excluding hydrogens is 505 g/mol. The molecule has 2 heterocycles. The topological polar surface area (TPSA) is 139 Å². The Bertz CT molecular complexity index is 1740. The fraction of sp³-hybridized carbons (Fsp3) is 0.160. The molecule has 1 N–H and O–H groups in total. The van der Waals surface area contributed by atoms with Gasteiger partial charge in [0, 0.05) is 13.2 Å². The summed E-state index contributed by atoms with van der Waals surface area (Å²) in [4.78, 5) is 24.7. The number of rotatable bonds is 6. The highest BCUT2D eigenvalue weighted by molar-refractivity contribution is 5.70. The third-order valence-corrected chi connectivity index (χ3v) is 5.68. The van der Waals surface area contributed by atoms with Gasteiger partial charge >= 0.3 is 11.9 Å². The maximum Gasteiger partial charge on any atom is 0.420 e. The smallest absolute Gasteiger partial charge is 0.420 e. The summed E-state index contributed by atoms with van der Waals surface area (Å²) < 4.78 is 54.2. The summed E-state index contributed by atoms with van der Waals surface area (Å²) >= 11 is 0. The highest BCUT2D eigenvalue weighted by Gasteiger charge is 2.37. The second kappa shape index (κ2) is 9.99. The van der Waals surface area contributed by atoms with Crippen LogP contribution in [0.4, 0.5) is 13.2 Å². The minimum Gasteiger partial charge on any atom is -0.493 e. The minimum atomic E-state index is -4.91. The molecule has 0 spiro atoms.